The topological polar surface area (TPSA) is 101 Å². The van der Waals surface area contributed by atoms with Gasteiger partial charge in [0.15, 0.2) is 10.7 Å². The molecule has 1 heterocycles. The Labute approximate surface area is 142 Å². The molecule has 0 radical (unpaired) electrons. The van der Waals surface area contributed by atoms with E-state index in [-0.39, 0.29) is 12.2 Å². The molecule has 7 nitrogen and oxygen atoms in total. The molecule has 0 atom stereocenters. The van der Waals surface area contributed by atoms with Crippen LogP contribution >= 0.6 is 11.3 Å². The van der Waals surface area contributed by atoms with Gasteiger partial charge in [0.2, 0.25) is 0 Å². The lowest BCUT2D eigenvalue weighted by atomic mass is 10.2. The molecule has 0 aliphatic carbocycles. The molecule has 8 heteroatoms. The number of nitrogens with zero attached hydrogens (tertiary/aromatic N) is 2. The molecule has 0 saturated carbocycles. The van der Waals surface area contributed by atoms with Crippen LogP contribution in [0.5, 0.6) is 0 Å². The van der Waals surface area contributed by atoms with E-state index in [1.807, 2.05) is 0 Å². The Balaban J connectivity index is 2.20. The minimum Gasteiger partial charge on any atom is -0.462 e. The van der Waals surface area contributed by atoms with E-state index in [1.54, 1.807) is 38.1 Å². The van der Waals surface area contributed by atoms with Crippen molar-refractivity contribution in [3.63, 3.8) is 0 Å². The fourth-order valence-electron chi connectivity index (χ4n) is 1.81. The lowest BCUT2D eigenvalue weighted by Gasteiger charge is -2.00. The number of aromatic nitrogens is 1. The standard InChI is InChI=1S/C16H15N3O4S/c1-3-22-14(20)10-5-6-12-13(7-10)24-16(19-12)18-9-11(8-17)15(21)23-4-2/h5-7,9H,3-4H2,1-2H3,(H,18,19)/b11-9+. The first-order valence-corrected chi connectivity index (χ1v) is 8.02. The predicted molar refractivity (Wildman–Crippen MR) is 89.5 cm³/mol. The van der Waals surface area contributed by atoms with Gasteiger partial charge in [0, 0.05) is 6.20 Å². The Morgan fingerprint density at radius 3 is 2.75 bits per heavy atom. The molecule has 1 N–H and O–H groups in total. The summed E-state index contributed by atoms with van der Waals surface area (Å²) in [7, 11) is 0. The van der Waals surface area contributed by atoms with Gasteiger partial charge in [0.25, 0.3) is 0 Å². The number of nitriles is 1. The van der Waals surface area contributed by atoms with Gasteiger partial charge in [0.1, 0.15) is 6.07 Å². The highest BCUT2D eigenvalue weighted by Crippen LogP contribution is 2.27. The zero-order valence-electron chi connectivity index (χ0n) is 13.2. The van der Waals surface area contributed by atoms with Crippen LogP contribution in [0.25, 0.3) is 10.2 Å². The second-order valence-corrected chi connectivity index (χ2v) is 5.49. The van der Waals surface area contributed by atoms with Crippen molar-refractivity contribution < 1.29 is 19.1 Å². The van der Waals surface area contributed by atoms with Crippen molar-refractivity contribution in [3.05, 3.63) is 35.5 Å². The maximum atomic E-state index is 11.7. The van der Waals surface area contributed by atoms with E-state index in [0.29, 0.717) is 22.8 Å². The molecule has 0 fully saturated rings. The Bertz CT molecular complexity index is 835. The molecule has 0 amide bonds. The number of thiazole rings is 1. The molecule has 0 saturated heterocycles. The largest absolute Gasteiger partial charge is 0.462 e. The first kappa shape index (κ1) is 17.4. The molecule has 2 rings (SSSR count). The number of anilines is 1. The van der Waals surface area contributed by atoms with E-state index in [0.717, 1.165) is 4.70 Å². The smallest absolute Gasteiger partial charge is 0.350 e. The van der Waals surface area contributed by atoms with Crippen LogP contribution in [0.2, 0.25) is 0 Å². The zero-order chi connectivity index (χ0) is 17.5. The summed E-state index contributed by atoms with van der Waals surface area (Å²) in [5.74, 6) is -1.09. The first-order valence-electron chi connectivity index (χ1n) is 7.20. The third kappa shape index (κ3) is 4.08. The number of nitrogens with one attached hydrogen (secondary N) is 1. The Kier molecular flexibility index (Phi) is 5.87. The van der Waals surface area contributed by atoms with Crippen LogP contribution in [0.15, 0.2) is 30.0 Å². The number of fused-ring (bicyclic) bond motifs is 1. The predicted octanol–water partition coefficient (Wildman–Crippen LogP) is 2.86. The van der Waals surface area contributed by atoms with Gasteiger partial charge in [0.05, 0.1) is 29.0 Å². The molecule has 24 heavy (non-hydrogen) atoms. The van der Waals surface area contributed by atoms with Crippen molar-refractivity contribution in [1.82, 2.24) is 4.98 Å². The maximum Gasteiger partial charge on any atom is 0.350 e. The van der Waals surface area contributed by atoms with E-state index >= 15 is 0 Å². The van der Waals surface area contributed by atoms with Gasteiger partial charge in [-0.2, -0.15) is 5.26 Å². The van der Waals surface area contributed by atoms with Gasteiger partial charge in [-0.1, -0.05) is 11.3 Å². The summed E-state index contributed by atoms with van der Waals surface area (Å²) in [5.41, 5.74) is 0.987. The van der Waals surface area contributed by atoms with Crippen LogP contribution in [0.1, 0.15) is 24.2 Å². The third-order valence-electron chi connectivity index (χ3n) is 2.86. The number of ether oxygens (including phenoxy) is 2. The van der Waals surface area contributed by atoms with Crippen LogP contribution in [-0.4, -0.2) is 30.1 Å². The number of benzene rings is 1. The molecule has 124 valence electrons. The van der Waals surface area contributed by atoms with E-state index in [9.17, 15) is 9.59 Å². The molecule has 2 aromatic rings. The summed E-state index contributed by atoms with van der Waals surface area (Å²) < 4.78 is 10.5. The van der Waals surface area contributed by atoms with Crippen LogP contribution < -0.4 is 5.32 Å². The summed E-state index contributed by atoms with van der Waals surface area (Å²) in [5, 5.41) is 12.3. The molecular weight excluding hydrogens is 330 g/mol. The van der Waals surface area contributed by atoms with Crippen LogP contribution in [0.4, 0.5) is 5.13 Å². The van der Waals surface area contributed by atoms with Crippen molar-refractivity contribution >= 4 is 38.6 Å². The number of carbonyl (C=O) groups is 2. The first-order chi connectivity index (χ1) is 11.6. The van der Waals surface area contributed by atoms with Gasteiger partial charge >= 0.3 is 11.9 Å². The molecule has 0 spiro atoms. The lowest BCUT2D eigenvalue weighted by Crippen LogP contribution is -2.07. The van der Waals surface area contributed by atoms with Crippen molar-refractivity contribution in [2.24, 2.45) is 0 Å². The van der Waals surface area contributed by atoms with Gasteiger partial charge in [-0.3, -0.25) is 0 Å². The number of rotatable bonds is 6. The normalized spacial score (nSPS) is 11.0. The van der Waals surface area contributed by atoms with E-state index in [1.165, 1.54) is 17.5 Å². The van der Waals surface area contributed by atoms with Crippen molar-refractivity contribution in [2.45, 2.75) is 13.8 Å². The SMILES string of the molecule is CCOC(=O)/C(C#N)=C/Nc1nc2ccc(C(=O)OCC)cc2s1. The molecule has 0 aliphatic rings. The molecule has 1 aromatic carbocycles. The summed E-state index contributed by atoms with van der Waals surface area (Å²) >= 11 is 1.29. The fraction of sp³-hybridized carbons (Fsp3) is 0.250. The van der Waals surface area contributed by atoms with Gasteiger partial charge in [-0.15, -0.1) is 0 Å². The minimum atomic E-state index is -0.696. The number of carbonyl (C=O) groups excluding carboxylic acids is 2. The van der Waals surface area contributed by atoms with Gasteiger partial charge in [-0.25, -0.2) is 14.6 Å². The van der Waals surface area contributed by atoms with Crippen molar-refractivity contribution in [3.8, 4) is 6.07 Å². The average Bonchev–Trinajstić information content (AvgIpc) is 2.97. The summed E-state index contributed by atoms with van der Waals surface area (Å²) in [6, 6.07) is 6.81. The number of hydrogen-bond donors (Lipinski definition) is 1. The zero-order valence-corrected chi connectivity index (χ0v) is 14.0. The Hall–Kier alpha value is -2.92. The van der Waals surface area contributed by atoms with Crippen LogP contribution in [0, 0.1) is 11.3 Å². The van der Waals surface area contributed by atoms with Gasteiger partial charge in [-0.05, 0) is 32.0 Å². The molecule has 0 aliphatic heterocycles. The van der Waals surface area contributed by atoms with Crippen LogP contribution in [0.3, 0.4) is 0 Å². The monoisotopic (exact) mass is 345 g/mol. The fourth-order valence-corrected chi connectivity index (χ4v) is 2.68. The quantitative estimate of drug-likeness (QED) is 0.488. The summed E-state index contributed by atoms with van der Waals surface area (Å²) in [6.07, 6.45) is 1.25. The summed E-state index contributed by atoms with van der Waals surface area (Å²) in [6.45, 7) is 3.90. The van der Waals surface area contributed by atoms with E-state index in [4.69, 9.17) is 14.7 Å². The molecule has 0 bridgehead atoms. The molecular formula is C16H15N3O4S. The molecule has 1 aromatic heterocycles. The van der Waals surface area contributed by atoms with E-state index in [2.05, 4.69) is 10.3 Å². The average molecular weight is 345 g/mol. The highest BCUT2D eigenvalue weighted by molar-refractivity contribution is 7.22. The number of hydrogen-bond acceptors (Lipinski definition) is 8. The van der Waals surface area contributed by atoms with Crippen molar-refractivity contribution in [1.29, 1.82) is 5.26 Å². The van der Waals surface area contributed by atoms with Crippen LogP contribution in [-0.2, 0) is 14.3 Å². The second-order valence-electron chi connectivity index (χ2n) is 4.46. The third-order valence-corrected chi connectivity index (χ3v) is 3.80. The van der Waals surface area contributed by atoms with E-state index < -0.39 is 11.9 Å². The lowest BCUT2D eigenvalue weighted by molar-refractivity contribution is -0.138. The molecule has 0 unspecified atom stereocenters. The number of esters is 2. The minimum absolute atomic E-state index is 0.150. The Morgan fingerprint density at radius 1 is 1.33 bits per heavy atom. The second kappa shape index (κ2) is 8.08. The highest BCUT2D eigenvalue weighted by atomic mass is 32.1. The summed E-state index contributed by atoms with van der Waals surface area (Å²) in [4.78, 5) is 27.6. The van der Waals surface area contributed by atoms with Crippen molar-refractivity contribution in [2.75, 3.05) is 18.5 Å². The Morgan fingerprint density at radius 2 is 2.08 bits per heavy atom. The maximum absolute atomic E-state index is 11.7. The highest BCUT2D eigenvalue weighted by Gasteiger charge is 2.12. The van der Waals surface area contributed by atoms with Gasteiger partial charge < -0.3 is 14.8 Å².